The Hall–Kier alpha value is -0.580. The van der Waals surface area contributed by atoms with Crippen molar-refractivity contribution in [3.8, 4) is 0 Å². The standard InChI is InChI=1S/C12H17BrN2O/c13-12-7-11(2-1-9(12)8-14)15(5-6-16)10-3-4-10/h1-2,7,10,16H,3-6,8,14H2. The first kappa shape index (κ1) is 11.9. The number of aliphatic hydroxyl groups is 1. The molecular weight excluding hydrogens is 268 g/mol. The van der Waals surface area contributed by atoms with Crippen LogP contribution in [0.4, 0.5) is 5.69 Å². The molecule has 1 aromatic rings. The van der Waals surface area contributed by atoms with Crippen LogP contribution in [0.15, 0.2) is 22.7 Å². The minimum Gasteiger partial charge on any atom is -0.395 e. The van der Waals surface area contributed by atoms with Crippen LogP contribution in [0.2, 0.25) is 0 Å². The lowest BCUT2D eigenvalue weighted by molar-refractivity contribution is 0.301. The molecule has 1 aliphatic rings. The summed E-state index contributed by atoms with van der Waals surface area (Å²) in [6.45, 7) is 1.45. The molecule has 0 amide bonds. The first-order chi connectivity index (χ1) is 7.76. The van der Waals surface area contributed by atoms with Gasteiger partial charge in [-0.25, -0.2) is 0 Å². The lowest BCUT2D eigenvalue weighted by atomic mass is 10.2. The van der Waals surface area contributed by atoms with Crippen molar-refractivity contribution < 1.29 is 5.11 Å². The minimum absolute atomic E-state index is 0.201. The molecule has 88 valence electrons. The zero-order chi connectivity index (χ0) is 11.5. The molecule has 1 saturated carbocycles. The molecule has 4 heteroatoms. The minimum atomic E-state index is 0.201. The zero-order valence-electron chi connectivity index (χ0n) is 9.19. The number of nitrogens with zero attached hydrogens (tertiary/aromatic N) is 1. The second-order valence-corrected chi connectivity index (χ2v) is 4.98. The van der Waals surface area contributed by atoms with Crippen LogP contribution < -0.4 is 10.6 Å². The van der Waals surface area contributed by atoms with Crippen LogP contribution in [0.3, 0.4) is 0 Å². The number of halogens is 1. The molecular formula is C12H17BrN2O. The van der Waals surface area contributed by atoms with E-state index in [2.05, 4.69) is 33.0 Å². The number of hydrogen-bond donors (Lipinski definition) is 2. The maximum absolute atomic E-state index is 9.07. The SMILES string of the molecule is NCc1ccc(N(CCO)C2CC2)cc1Br. The first-order valence-electron chi connectivity index (χ1n) is 5.62. The number of hydrogen-bond acceptors (Lipinski definition) is 3. The Labute approximate surface area is 104 Å². The van der Waals surface area contributed by atoms with Gasteiger partial charge in [0.25, 0.3) is 0 Å². The molecule has 1 aliphatic carbocycles. The number of benzene rings is 1. The lowest BCUT2D eigenvalue weighted by Crippen LogP contribution is -2.28. The summed E-state index contributed by atoms with van der Waals surface area (Å²) in [5.74, 6) is 0. The highest BCUT2D eigenvalue weighted by Crippen LogP contribution is 2.33. The summed E-state index contributed by atoms with van der Waals surface area (Å²) < 4.78 is 1.05. The van der Waals surface area contributed by atoms with Crippen molar-refractivity contribution in [1.82, 2.24) is 0 Å². The molecule has 0 heterocycles. The summed E-state index contributed by atoms with van der Waals surface area (Å²) in [5.41, 5.74) is 7.91. The molecule has 1 fully saturated rings. The molecule has 3 nitrogen and oxygen atoms in total. The average Bonchev–Trinajstić information content (AvgIpc) is 3.09. The molecule has 0 unspecified atom stereocenters. The van der Waals surface area contributed by atoms with Gasteiger partial charge in [0.2, 0.25) is 0 Å². The molecule has 0 saturated heterocycles. The van der Waals surface area contributed by atoms with E-state index in [9.17, 15) is 0 Å². The summed E-state index contributed by atoms with van der Waals surface area (Å²) in [7, 11) is 0. The van der Waals surface area contributed by atoms with Gasteiger partial charge < -0.3 is 15.7 Å². The van der Waals surface area contributed by atoms with Crippen LogP contribution in [-0.2, 0) is 6.54 Å². The Balaban J connectivity index is 2.20. The average molecular weight is 285 g/mol. The molecule has 2 rings (SSSR count). The molecule has 16 heavy (non-hydrogen) atoms. The third-order valence-electron chi connectivity index (χ3n) is 2.92. The maximum Gasteiger partial charge on any atom is 0.0606 e. The molecule has 0 radical (unpaired) electrons. The second-order valence-electron chi connectivity index (χ2n) is 4.13. The third-order valence-corrected chi connectivity index (χ3v) is 3.65. The van der Waals surface area contributed by atoms with E-state index in [0.29, 0.717) is 19.1 Å². The molecule has 0 aromatic heterocycles. The molecule has 3 N–H and O–H groups in total. The van der Waals surface area contributed by atoms with E-state index in [4.69, 9.17) is 10.8 Å². The third kappa shape index (κ3) is 2.56. The van der Waals surface area contributed by atoms with Gasteiger partial charge in [0.05, 0.1) is 6.61 Å². The Bertz CT molecular complexity index is 366. The van der Waals surface area contributed by atoms with Crippen LogP contribution in [-0.4, -0.2) is 24.3 Å². The summed E-state index contributed by atoms with van der Waals surface area (Å²) in [6, 6.07) is 6.84. The van der Waals surface area contributed by atoms with Crippen molar-refractivity contribution in [3.63, 3.8) is 0 Å². The van der Waals surface area contributed by atoms with Gasteiger partial charge in [-0.1, -0.05) is 22.0 Å². The molecule has 0 aliphatic heterocycles. The van der Waals surface area contributed by atoms with Crippen molar-refractivity contribution in [1.29, 1.82) is 0 Å². The zero-order valence-corrected chi connectivity index (χ0v) is 10.8. The van der Waals surface area contributed by atoms with Crippen molar-refractivity contribution in [2.24, 2.45) is 5.73 Å². The Morgan fingerprint density at radius 3 is 2.69 bits per heavy atom. The predicted octanol–water partition coefficient (Wildman–Crippen LogP) is 1.87. The quantitative estimate of drug-likeness (QED) is 0.868. The molecule has 0 spiro atoms. The topological polar surface area (TPSA) is 49.5 Å². The van der Waals surface area contributed by atoms with E-state index in [1.807, 2.05) is 6.07 Å². The summed E-state index contributed by atoms with van der Waals surface area (Å²) in [4.78, 5) is 2.27. The van der Waals surface area contributed by atoms with Crippen molar-refractivity contribution in [3.05, 3.63) is 28.2 Å². The van der Waals surface area contributed by atoms with E-state index in [-0.39, 0.29) is 6.61 Å². The second kappa shape index (κ2) is 5.17. The van der Waals surface area contributed by atoms with E-state index in [1.165, 1.54) is 18.5 Å². The van der Waals surface area contributed by atoms with Gasteiger partial charge in [-0.3, -0.25) is 0 Å². The predicted molar refractivity (Wildman–Crippen MR) is 69.5 cm³/mol. The number of aliphatic hydroxyl groups excluding tert-OH is 1. The summed E-state index contributed by atoms with van der Waals surface area (Å²) in [5, 5.41) is 9.07. The van der Waals surface area contributed by atoms with Crippen molar-refractivity contribution in [2.45, 2.75) is 25.4 Å². The van der Waals surface area contributed by atoms with Crippen molar-refractivity contribution >= 4 is 21.6 Å². The number of nitrogens with two attached hydrogens (primary N) is 1. The Morgan fingerprint density at radius 1 is 1.44 bits per heavy atom. The van der Waals surface area contributed by atoms with Gasteiger partial charge in [-0.15, -0.1) is 0 Å². The van der Waals surface area contributed by atoms with Crippen molar-refractivity contribution in [2.75, 3.05) is 18.1 Å². The monoisotopic (exact) mass is 284 g/mol. The molecule has 0 bridgehead atoms. The van der Waals surface area contributed by atoms with E-state index < -0.39 is 0 Å². The highest BCUT2D eigenvalue weighted by atomic mass is 79.9. The molecule has 0 atom stereocenters. The Morgan fingerprint density at radius 2 is 2.19 bits per heavy atom. The van der Waals surface area contributed by atoms with Gasteiger partial charge in [0.1, 0.15) is 0 Å². The van der Waals surface area contributed by atoms with Gasteiger partial charge in [-0.2, -0.15) is 0 Å². The highest BCUT2D eigenvalue weighted by Gasteiger charge is 2.28. The highest BCUT2D eigenvalue weighted by molar-refractivity contribution is 9.10. The van der Waals surface area contributed by atoms with Gasteiger partial charge in [-0.05, 0) is 30.5 Å². The van der Waals surface area contributed by atoms with Crippen LogP contribution in [0.5, 0.6) is 0 Å². The number of anilines is 1. The fraction of sp³-hybridized carbons (Fsp3) is 0.500. The fourth-order valence-corrected chi connectivity index (χ4v) is 2.43. The van der Waals surface area contributed by atoms with E-state index >= 15 is 0 Å². The fourth-order valence-electron chi connectivity index (χ4n) is 1.90. The van der Waals surface area contributed by atoms with Gasteiger partial charge >= 0.3 is 0 Å². The summed E-state index contributed by atoms with van der Waals surface area (Å²) >= 11 is 3.53. The van der Waals surface area contributed by atoms with Crippen LogP contribution >= 0.6 is 15.9 Å². The lowest BCUT2D eigenvalue weighted by Gasteiger charge is -2.24. The van der Waals surface area contributed by atoms with E-state index in [1.54, 1.807) is 0 Å². The normalized spacial score (nSPS) is 15.2. The summed E-state index contributed by atoms with van der Waals surface area (Å²) in [6.07, 6.45) is 2.46. The van der Waals surface area contributed by atoms with Crippen LogP contribution in [0.25, 0.3) is 0 Å². The number of rotatable bonds is 5. The first-order valence-corrected chi connectivity index (χ1v) is 6.41. The molecule has 1 aromatic carbocycles. The van der Waals surface area contributed by atoms with Crippen LogP contribution in [0, 0.1) is 0 Å². The van der Waals surface area contributed by atoms with E-state index in [0.717, 1.165) is 10.0 Å². The van der Waals surface area contributed by atoms with Gasteiger partial charge in [0.15, 0.2) is 0 Å². The Kier molecular flexibility index (Phi) is 3.84. The van der Waals surface area contributed by atoms with Gasteiger partial charge in [0, 0.05) is 29.3 Å². The smallest absolute Gasteiger partial charge is 0.0606 e. The largest absolute Gasteiger partial charge is 0.395 e. The van der Waals surface area contributed by atoms with Crippen LogP contribution in [0.1, 0.15) is 18.4 Å². The maximum atomic E-state index is 9.07.